The maximum atomic E-state index is 11.0. The Morgan fingerprint density at radius 2 is 2.31 bits per heavy atom. The predicted octanol–water partition coefficient (Wildman–Crippen LogP) is 1.80. The Balaban J connectivity index is 2.44. The van der Waals surface area contributed by atoms with Crippen LogP contribution in [0.2, 0.25) is 0 Å². The van der Waals surface area contributed by atoms with Crippen LogP contribution in [-0.4, -0.2) is 16.9 Å². The molecule has 0 unspecified atom stereocenters. The van der Waals surface area contributed by atoms with Crippen LogP contribution in [0.4, 0.5) is 10.5 Å². The molecule has 0 radical (unpaired) electrons. The van der Waals surface area contributed by atoms with Crippen LogP contribution >= 0.6 is 12.6 Å². The Labute approximate surface area is 81.4 Å². The number of nitrogens with zero attached hydrogens (tertiary/aromatic N) is 1. The molecule has 0 bridgehead atoms. The maximum absolute atomic E-state index is 11.0. The van der Waals surface area contributed by atoms with Gasteiger partial charge in [-0.3, -0.25) is 4.79 Å². The summed E-state index contributed by atoms with van der Waals surface area (Å²) < 4.78 is 0. The van der Waals surface area contributed by atoms with Crippen molar-refractivity contribution in [2.75, 3.05) is 11.4 Å². The highest BCUT2D eigenvalue weighted by Gasteiger charge is 2.22. The molecule has 0 aliphatic carbocycles. The number of anilines is 1. The lowest BCUT2D eigenvalue weighted by molar-refractivity contribution is 0.266. The number of amides is 1. The Kier molecular flexibility index (Phi) is 1.92. The SMILES string of the molecule is O=C(S)N1CCc2cc(O)ccc21. The number of hydrogen-bond donors (Lipinski definition) is 2. The molecule has 1 aliphatic rings. The summed E-state index contributed by atoms with van der Waals surface area (Å²) in [6.45, 7) is 0.654. The van der Waals surface area contributed by atoms with Crippen molar-refractivity contribution >= 4 is 23.6 Å². The summed E-state index contributed by atoms with van der Waals surface area (Å²) in [5, 5.41) is 8.95. The van der Waals surface area contributed by atoms with Crippen molar-refractivity contribution in [3.63, 3.8) is 0 Å². The lowest BCUT2D eigenvalue weighted by Crippen LogP contribution is -2.22. The second kappa shape index (κ2) is 2.96. The third-order valence-electron chi connectivity index (χ3n) is 2.19. The minimum absolute atomic E-state index is 0.243. The van der Waals surface area contributed by atoms with Gasteiger partial charge in [-0.05, 0) is 30.2 Å². The third-order valence-corrected chi connectivity index (χ3v) is 2.43. The van der Waals surface area contributed by atoms with Crippen molar-refractivity contribution in [3.05, 3.63) is 23.8 Å². The van der Waals surface area contributed by atoms with E-state index in [1.807, 2.05) is 0 Å². The molecule has 13 heavy (non-hydrogen) atoms. The van der Waals surface area contributed by atoms with Crippen molar-refractivity contribution in [2.24, 2.45) is 0 Å². The van der Waals surface area contributed by atoms with Gasteiger partial charge in [0.15, 0.2) is 0 Å². The molecule has 1 N–H and O–H groups in total. The predicted molar refractivity (Wildman–Crippen MR) is 53.5 cm³/mol. The number of hydrogen-bond acceptors (Lipinski definition) is 2. The topological polar surface area (TPSA) is 40.5 Å². The molecular weight excluding hydrogens is 186 g/mol. The van der Waals surface area contributed by atoms with Crippen LogP contribution in [0.3, 0.4) is 0 Å². The van der Waals surface area contributed by atoms with Gasteiger partial charge in [-0.1, -0.05) is 12.6 Å². The Bertz CT molecular complexity index is 365. The van der Waals surface area contributed by atoms with Crippen LogP contribution in [0.1, 0.15) is 5.56 Å². The summed E-state index contributed by atoms with van der Waals surface area (Å²) in [5.41, 5.74) is 1.86. The monoisotopic (exact) mass is 195 g/mol. The van der Waals surface area contributed by atoms with Crippen LogP contribution < -0.4 is 4.90 Å². The molecule has 2 rings (SSSR count). The molecule has 1 heterocycles. The minimum Gasteiger partial charge on any atom is -0.508 e. The van der Waals surface area contributed by atoms with Gasteiger partial charge in [-0.15, -0.1) is 0 Å². The van der Waals surface area contributed by atoms with Gasteiger partial charge >= 0.3 is 0 Å². The second-order valence-corrected chi connectivity index (χ2v) is 3.38. The zero-order chi connectivity index (χ0) is 9.42. The van der Waals surface area contributed by atoms with E-state index in [1.165, 1.54) is 0 Å². The van der Waals surface area contributed by atoms with Crippen molar-refractivity contribution in [1.29, 1.82) is 0 Å². The van der Waals surface area contributed by atoms with Crippen molar-refractivity contribution in [2.45, 2.75) is 6.42 Å². The smallest absolute Gasteiger partial charge is 0.283 e. The van der Waals surface area contributed by atoms with Crippen LogP contribution in [0.25, 0.3) is 0 Å². The third kappa shape index (κ3) is 1.37. The van der Waals surface area contributed by atoms with Crippen molar-refractivity contribution in [3.8, 4) is 5.75 Å². The van der Waals surface area contributed by atoms with Gasteiger partial charge in [0.25, 0.3) is 5.24 Å². The number of aromatic hydroxyl groups is 1. The molecule has 3 nitrogen and oxygen atoms in total. The summed E-state index contributed by atoms with van der Waals surface area (Å²) in [7, 11) is 0. The van der Waals surface area contributed by atoms with E-state index in [0.717, 1.165) is 17.7 Å². The highest BCUT2D eigenvalue weighted by atomic mass is 32.1. The average molecular weight is 195 g/mol. The van der Waals surface area contributed by atoms with E-state index >= 15 is 0 Å². The van der Waals surface area contributed by atoms with Crippen molar-refractivity contribution in [1.82, 2.24) is 0 Å². The van der Waals surface area contributed by atoms with Gasteiger partial charge in [-0.25, -0.2) is 0 Å². The van der Waals surface area contributed by atoms with Gasteiger partial charge in [0.1, 0.15) is 5.75 Å². The van der Waals surface area contributed by atoms with Gasteiger partial charge in [0.2, 0.25) is 0 Å². The van der Waals surface area contributed by atoms with Crippen LogP contribution in [0, 0.1) is 0 Å². The zero-order valence-electron chi connectivity index (χ0n) is 6.90. The Morgan fingerprint density at radius 1 is 1.54 bits per heavy atom. The summed E-state index contributed by atoms with van der Waals surface area (Å²) in [4.78, 5) is 12.6. The fourth-order valence-corrected chi connectivity index (χ4v) is 1.79. The summed E-state index contributed by atoms with van der Waals surface area (Å²) in [6.07, 6.45) is 0.788. The standard InChI is InChI=1S/C9H9NO2S/c11-7-1-2-8-6(5-7)3-4-10(8)9(12)13/h1-2,5,11H,3-4H2,(H,12,13). The molecule has 1 aromatic carbocycles. The molecule has 0 saturated heterocycles. The van der Waals surface area contributed by atoms with E-state index in [9.17, 15) is 9.90 Å². The van der Waals surface area contributed by atoms with Crippen LogP contribution in [0.15, 0.2) is 18.2 Å². The molecule has 0 aromatic heterocycles. The quantitative estimate of drug-likeness (QED) is 0.620. The minimum atomic E-state index is -0.246. The highest BCUT2D eigenvalue weighted by Crippen LogP contribution is 2.31. The average Bonchev–Trinajstić information content (AvgIpc) is 2.46. The maximum Gasteiger partial charge on any atom is 0.283 e. The second-order valence-electron chi connectivity index (χ2n) is 3.00. The zero-order valence-corrected chi connectivity index (χ0v) is 7.79. The van der Waals surface area contributed by atoms with Gasteiger partial charge in [0.05, 0.1) is 0 Å². The fourth-order valence-electron chi connectivity index (χ4n) is 1.59. The molecule has 0 fully saturated rings. The summed E-state index contributed by atoms with van der Waals surface area (Å²) in [6, 6.07) is 5.01. The van der Waals surface area contributed by atoms with E-state index in [0.29, 0.717) is 6.54 Å². The van der Waals surface area contributed by atoms with Gasteiger partial charge in [-0.2, -0.15) is 0 Å². The number of benzene rings is 1. The molecule has 4 heteroatoms. The number of carbonyl (C=O) groups is 1. The van der Waals surface area contributed by atoms with Gasteiger partial charge in [0, 0.05) is 12.2 Å². The van der Waals surface area contributed by atoms with E-state index < -0.39 is 0 Å². The van der Waals surface area contributed by atoms with E-state index in [-0.39, 0.29) is 11.0 Å². The van der Waals surface area contributed by atoms with E-state index in [1.54, 1.807) is 23.1 Å². The first kappa shape index (κ1) is 8.44. The van der Waals surface area contributed by atoms with Crippen LogP contribution in [-0.2, 0) is 6.42 Å². The number of phenols is 1. The first-order valence-corrected chi connectivity index (χ1v) is 4.45. The normalized spacial score (nSPS) is 14.4. The fraction of sp³-hybridized carbons (Fsp3) is 0.222. The summed E-state index contributed by atoms with van der Waals surface area (Å²) >= 11 is 3.77. The summed E-state index contributed by atoms with van der Waals surface area (Å²) in [5.74, 6) is 0.243. The molecule has 1 aromatic rings. The lowest BCUT2D eigenvalue weighted by Gasteiger charge is -2.13. The molecular formula is C9H9NO2S. The molecule has 1 amide bonds. The number of fused-ring (bicyclic) bond motifs is 1. The Hall–Kier alpha value is -1.16. The number of phenolic OH excluding ortho intramolecular Hbond substituents is 1. The van der Waals surface area contributed by atoms with E-state index in [2.05, 4.69) is 12.6 Å². The number of rotatable bonds is 0. The lowest BCUT2D eigenvalue weighted by atomic mass is 10.1. The molecule has 68 valence electrons. The first-order chi connectivity index (χ1) is 6.18. The number of carbonyl (C=O) groups excluding carboxylic acids is 1. The Morgan fingerprint density at radius 3 is 3.00 bits per heavy atom. The largest absolute Gasteiger partial charge is 0.508 e. The first-order valence-electron chi connectivity index (χ1n) is 4.01. The van der Waals surface area contributed by atoms with Crippen LogP contribution in [0.5, 0.6) is 5.75 Å². The molecule has 1 aliphatic heterocycles. The molecule has 0 atom stereocenters. The van der Waals surface area contributed by atoms with Gasteiger partial charge < -0.3 is 10.0 Å². The number of thiol groups is 1. The molecule has 0 spiro atoms. The highest BCUT2D eigenvalue weighted by molar-refractivity contribution is 7.96. The van der Waals surface area contributed by atoms with Crippen molar-refractivity contribution < 1.29 is 9.90 Å². The van der Waals surface area contributed by atoms with E-state index in [4.69, 9.17) is 0 Å². The molecule has 0 saturated carbocycles.